The van der Waals surface area contributed by atoms with Crippen LogP contribution >= 0.6 is 0 Å². The van der Waals surface area contributed by atoms with Gasteiger partial charge in [-0.1, -0.05) is 25.5 Å². The second-order valence-corrected chi connectivity index (χ2v) is 5.12. The summed E-state index contributed by atoms with van der Waals surface area (Å²) in [4.78, 5) is 0. The first-order valence-corrected chi connectivity index (χ1v) is 7.28. The van der Waals surface area contributed by atoms with E-state index < -0.39 is 0 Å². The van der Waals surface area contributed by atoms with E-state index in [2.05, 4.69) is 42.4 Å². The van der Waals surface area contributed by atoms with E-state index >= 15 is 0 Å². The summed E-state index contributed by atoms with van der Waals surface area (Å²) in [6.45, 7) is 7.06. The van der Waals surface area contributed by atoms with E-state index in [0.29, 0.717) is 17.5 Å². The van der Waals surface area contributed by atoms with E-state index in [9.17, 15) is 0 Å². The first-order valence-electron chi connectivity index (χ1n) is 7.28. The fourth-order valence-electron chi connectivity index (χ4n) is 2.40. The monoisotopic (exact) mass is 285 g/mol. The lowest BCUT2D eigenvalue weighted by atomic mass is 10.2. The van der Waals surface area contributed by atoms with Gasteiger partial charge in [0, 0.05) is 5.39 Å². The Morgan fingerprint density at radius 3 is 2.76 bits per heavy atom. The van der Waals surface area contributed by atoms with Gasteiger partial charge in [0.25, 0.3) is 5.89 Å². The van der Waals surface area contributed by atoms with Gasteiger partial charge in [0.15, 0.2) is 5.76 Å². The minimum absolute atomic E-state index is 0.0860. The lowest BCUT2D eigenvalue weighted by Crippen LogP contribution is -2.20. The number of hydrogen-bond donors (Lipinski definition) is 1. The van der Waals surface area contributed by atoms with Gasteiger partial charge < -0.3 is 14.2 Å². The molecule has 0 fully saturated rings. The Morgan fingerprint density at radius 2 is 2.00 bits per heavy atom. The van der Waals surface area contributed by atoms with Crippen molar-refractivity contribution in [2.75, 3.05) is 6.54 Å². The molecular formula is C16H19N3O2. The minimum Gasteiger partial charge on any atom is -0.451 e. The van der Waals surface area contributed by atoms with Crippen molar-refractivity contribution in [1.29, 1.82) is 0 Å². The predicted molar refractivity (Wildman–Crippen MR) is 81.0 cm³/mol. The molecule has 2 heterocycles. The van der Waals surface area contributed by atoms with Crippen LogP contribution in [0.15, 0.2) is 33.1 Å². The summed E-state index contributed by atoms with van der Waals surface area (Å²) in [7, 11) is 0. The Labute approximate surface area is 123 Å². The standard InChI is InChI=1S/C16H19N3O2/c1-4-12(17-5-2)15-18-19-16(21-15)14-9-11-8-10(3)6-7-13(11)20-14/h6-9,12,17H,4-5H2,1-3H3. The van der Waals surface area contributed by atoms with Gasteiger partial charge in [-0.3, -0.25) is 0 Å². The van der Waals surface area contributed by atoms with Gasteiger partial charge in [0.05, 0.1) is 6.04 Å². The maximum atomic E-state index is 5.78. The molecule has 0 aliphatic heterocycles. The van der Waals surface area contributed by atoms with Gasteiger partial charge in [0.1, 0.15) is 5.58 Å². The fourth-order valence-corrected chi connectivity index (χ4v) is 2.40. The van der Waals surface area contributed by atoms with Crippen LogP contribution < -0.4 is 5.32 Å². The maximum absolute atomic E-state index is 5.78. The van der Waals surface area contributed by atoms with Crippen LogP contribution in [0.2, 0.25) is 0 Å². The zero-order chi connectivity index (χ0) is 14.8. The number of rotatable bonds is 5. The molecule has 0 amide bonds. The number of benzene rings is 1. The molecule has 5 nitrogen and oxygen atoms in total. The summed E-state index contributed by atoms with van der Waals surface area (Å²) >= 11 is 0. The zero-order valence-corrected chi connectivity index (χ0v) is 12.5. The molecule has 21 heavy (non-hydrogen) atoms. The fraction of sp³-hybridized carbons (Fsp3) is 0.375. The molecule has 1 aromatic carbocycles. The molecule has 1 atom stereocenters. The number of hydrogen-bond acceptors (Lipinski definition) is 5. The first-order chi connectivity index (χ1) is 10.2. The van der Waals surface area contributed by atoms with Gasteiger partial charge in [-0.05, 0) is 38.1 Å². The topological polar surface area (TPSA) is 64.1 Å². The minimum atomic E-state index is 0.0860. The van der Waals surface area contributed by atoms with E-state index in [-0.39, 0.29) is 6.04 Å². The molecule has 2 aromatic heterocycles. The highest BCUT2D eigenvalue weighted by Crippen LogP contribution is 2.28. The molecule has 1 unspecified atom stereocenters. The molecule has 1 N–H and O–H groups in total. The average molecular weight is 285 g/mol. The molecule has 0 radical (unpaired) electrons. The van der Waals surface area contributed by atoms with Gasteiger partial charge in [-0.15, -0.1) is 10.2 Å². The summed E-state index contributed by atoms with van der Waals surface area (Å²) in [5, 5.41) is 12.6. The molecule has 0 aliphatic carbocycles. The molecule has 3 aromatic rings. The van der Waals surface area contributed by atoms with Crippen molar-refractivity contribution in [3.05, 3.63) is 35.7 Å². The predicted octanol–water partition coefficient (Wildman–Crippen LogP) is 3.85. The highest BCUT2D eigenvalue weighted by Gasteiger charge is 2.18. The van der Waals surface area contributed by atoms with Crippen molar-refractivity contribution in [2.24, 2.45) is 0 Å². The van der Waals surface area contributed by atoms with Crippen LogP contribution in [0.5, 0.6) is 0 Å². The van der Waals surface area contributed by atoms with Crippen molar-refractivity contribution < 1.29 is 8.83 Å². The number of furan rings is 1. The summed E-state index contributed by atoms with van der Waals surface area (Å²) in [6, 6.07) is 8.08. The average Bonchev–Trinajstić information content (AvgIpc) is 3.10. The van der Waals surface area contributed by atoms with Gasteiger partial charge >= 0.3 is 0 Å². The third-order valence-electron chi connectivity index (χ3n) is 3.48. The Morgan fingerprint density at radius 1 is 1.14 bits per heavy atom. The third-order valence-corrected chi connectivity index (χ3v) is 3.48. The Bertz CT molecular complexity index is 745. The largest absolute Gasteiger partial charge is 0.451 e. The van der Waals surface area contributed by atoms with E-state index in [4.69, 9.17) is 8.83 Å². The molecule has 0 bridgehead atoms. The Balaban J connectivity index is 1.93. The third kappa shape index (κ3) is 2.69. The molecule has 0 aliphatic rings. The van der Waals surface area contributed by atoms with Crippen molar-refractivity contribution in [2.45, 2.75) is 33.2 Å². The van der Waals surface area contributed by atoms with E-state index in [1.165, 1.54) is 5.56 Å². The Kier molecular flexibility index (Phi) is 3.75. The first kappa shape index (κ1) is 13.8. The number of fused-ring (bicyclic) bond motifs is 1. The second kappa shape index (κ2) is 5.69. The lowest BCUT2D eigenvalue weighted by Gasteiger charge is -2.09. The highest BCUT2D eigenvalue weighted by molar-refractivity contribution is 5.82. The molecule has 5 heteroatoms. The summed E-state index contributed by atoms with van der Waals surface area (Å²) in [5.41, 5.74) is 2.02. The summed E-state index contributed by atoms with van der Waals surface area (Å²) < 4.78 is 11.5. The van der Waals surface area contributed by atoms with E-state index in [1.807, 2.05) is 18.2 Å². The van der Waals surface area contributed by atoms with E-state index in [1.54, 1.807) is 0 Å². The number of aromatic nitrogens is 2. The van der Waals surface area contributed by atoms with Crippen molar-refractivity contribution in [3.63, 3.8) is 0 Å². The van der Waals surface area contributed by atoms with Crippen LogP contribution in [0.4, 0.5) is 0 Å². The van der Waals surface area contributed by atoms with Crippen molar-refractivity contribution >= 4 is 11.0 Å². The molecular weight excluding hydrogens is 266 g/mol. The second-order valence-electron chi connectivity index (χ2n) is 5.12. The number of nitrogens with zero attached hydrogens (tertiary/aromatic N) is 2. The van der Waals surface area contributed by atoms with Crippen LogP contribution in [0, 0.1) is 6.92 Å². The van der Waals surface area contributed by atoms with Gasteiger partial charge in [-0.2, -0.15) is 0 Å². The van der Waals surface area contributed by atoms with Gasteiger partial charge in [-0.25, -0.2) is 0 Å². The number of aryl methyl sites for hydroxylation is 1. The quantitative estimate of drug-likeness (QED) is 0.771. The highest BCUT2D eigenvalue weighted by atomic mass is 16.4. The van der Waals surface area contributed by atoms with Crippen molar-refractivity contribution in [3.8, 4) is 11.7 Å². The molecule has 0 spiro atoms. The normalized spacial score (nSPS) is 12.9. The molecule has 0 saturated carbocycles. The number of nitrogens with one attached hydrogen (secondary N) is 1. The SMILES string of the molecule is CCNC(CC)c1nnc(-c2cc3cc(C)ccc3o2)o1. The van der Waals surface area contributed by atoms with Crippen LogP contribution in [-0.2, 0) is 0 Å². The van der Waals surface area contributed by atoms with Crippen molar-refractivity contribution in [1.82, 2.24) is 15.5 Å². The molecule has 110 valence electrons. The lowest BCUT2D eigenvalue weighted by molar-refractivity contribution is 0.397. The summed E-state index contributed by atoms with van der Waals surface area (Å²) in [6.07, 6.45) is 0.898. The van der Waals surface area contributed by atoms with Crippen LogP contribution in [0.3, 0.4) is 0 Å². The molecule has 3 rings (SSSR count). The van der Waals surface area contributed by atoms with Crippen LogP contribution in [-0.4, -0.2) is 16.7 Å². The van der Waals surface area contributed by atoms with Crippen LogP contribution in [0.1, 0.15) is 37.8 Å². The van der Waals surface area contributed by atoms with Gasteiger partial charge in [0.2, 0.25) is 5.89 Å². The van der Waals surface area contributed by atoms with Crippen LogP contribution in [0.25, 0.3) is 22.6 Å². The maximum Gasteiger partial charge on any atom is 0.283 e. The summed E-state index contributed by atoms with van der Waals surface area (Å²) in [5.74, 6) is 1.64. The van der Waals surface area contributed by atoms with E-state index in [0.717, 1.165) is 23.9 Å². The zero-order valence-electron chi connectivity index (χ0n) is 12.5. The molecule has 0 saturated heterocycles. The smallest absolute Gasteiger partial charge is 0.283 e. The Hall–Kier alpha value is -2.14.